The van der Waals surface area contributed by atoms with E-state index in [4.69, 9.17) is 0 Å². The molecule has 0 fully saturated rings. The topological polar surface area (TPSA) is 32.3 Å². The van der Waals surface area contributed by atoms with Gasteiger partial charge in [-0.15, -0.1) is 0 Å². The lowest BCUT2D eigenvalue weighted by atomic mass is 10.1. The zero-order valence-electron chi connectivity index (χ0n) is 12.1. The first-order chi connectivity index (χ1) is 10.3. The van der Waals surface area contributed by atoms with Crippen LogP contribution in [-0.4, -0.2) is 5.11 Å². The van der Waals surface area contributed by atoms with E-state index in [0.29, 0.717) is 5.75 Å². The van der Waals surface area contributed by atoms with Gasteiger partial charge < -0.3 is 10.4 Å². The number of phenols is 1. The number of anilines is 1. The minimum atomic E-state index is 0.323. The molecule has 0 aliphatic carbocycles. The molecule has 3 aromatic rings. The molecule has 0 spiro atoms. The molecule has 3 aromatic carbocycles. The Kier molecular flexibility index (Phi) is 3.78. The van der Waals surface area contributed by atoms with Crippen LogP contribution in [-0.2, 0) is 13.0 Å². The summed E-state index contributed by atoms with van der Waals surface area (Å²) in [5, 5.41) is 15.3. The Morgan fingerprint density at radius 2 is 1.48 bits per heavy atom. The highest BCUT2D eigenvalue weighted by Gasteiger charge is 2.03. The predicted octanol–water partition coefficient (Wildman–Crippen LogP) is 4.72. The van der Waals surface area contributed by atoms with Crippen LogP contribution in [0.2, 0.25) is 0 Å². The zero-order valence-corrected chi connectivity index (χ0v) is 12.1. The summed E-state index contributed by atoms with van der Waals surface area (Å²) in [4.78, 5) is 0. The smallest absolute Gasteiger partial charge is 0.123 e. The maximum Gasteiger partial charge on any atom is 0.123 e. The molecule has 0 aliphatic heterocycles. The van der Waals surface area contributed by atoms with Crippen molar-refractivity contribution < 1.29 is 5.11 Å². The van der Waals surface area contributed by atoms with E-state index in [0.717, 1.165) is 29.4 Å². The molecule has 0 saturated carbocycles. The van der Waals surface area contributed by atoms with Crippen LogP contribution in [0.5, 0.6) is 5.75 Å². The van der Waals surface area contributed by atoms with Crippen molar-refractivity contribution in [3.63, 3.8) is 0 Å². The van der Waals surface area contributed by atoms with Crippen molar-refractivity contribution in [1.82, 2.24) is 0 Å². The van der Waals surface area contributed by atoms with Gasteiger partial charge in [-0.05, 0) is 29.7 Å². The molecule has 0 radical (unpaired) electrons. The molecule has 0 amide bonds. The molecule has 0 saturated heterocycles. The SMILES string of the molecule is CCc1ccc(CNc2cccc3c(O)cccc23)cc1. The summed E-state index contributed by atoms with van der Waals surface area (Å²) < 4.78 is 0. The largest absolute Gasteiger partial charge is 0.507 e. The maximum absolute atomic E-state index is 9.91. The standard InChI is InChI=1S/C19H19NO/c1-2-14-9-11-15(12-10-14)13-20-18-7-3-6-17-16(18)5-4-8-19(17)21/h3-12,20-21H,2,13H2,1H3. The molecular formula is C19H19NO. The van der Waals surface area contributed by atoms with Crippen molar-refractivity contribution in [2.24, 2.45) is 0 Å². The quantitative estimate of drug-likeness (QED) is 0.723. The highest BCUT2D eigenvalue weighted by atomic mass is 16.3. The summed E-state index contributed by atoms with van der Waals surface area (Å²) in [6.07, 6.45) is 1.07. The Balaban J connectivity index is 1.83. The average molecular weight is 277 g/mol. The molecule has 3 rings (SSSR count). The fourth-order valence-corrected chi connectivity index (χ4v) is 2.54. The summed E-state index contributed by atoms with van der Waals surface area (Å²) in [6, 6.07) is 20.2. The minimum Gasteiger partial charge on any atom is -0.507 e. The van der Waals surface area contributed by atoms with Crippen molar-refractivity contribution in [2.75, 3.05) is 5.32 Å². The van der Waals surface area contributed by atoms with E-state index in [2.05, 4.69) is 36.5 Å². The monoisotopic (exact) mass is 277 g/mol. The Morgan fingerprint density at radius 1 is 0.810 bits per heavy atom. The third kappa shape index (κ3) is 2.84. The summed E-state index contributed by atoms with van der Waals surface area (Å²) in [5.74, 6) is 0.323. The number of rotatable bonds is 4. The van der Waals surface area contributed by atoms with Gasteiger partial charge in [-0.3, -0.25) is 0 Å². The first-order valence-corrected chi connectivity index (χ1v) is 7.30. The van der Waals surface area contributed by atoms with Gasteiger partial charge in [-0.1, -0.05) is 55.5 Å². The van der Waals surface area contributed by atoms with Gasteiger partial charge in [-0.2, -0.15) is 0 Å². The molecule has 0 heterocycles. The van der Waals surface area contributed by atoms with Gasteiger partial charge in [0.2, 0.25) is 0 Å². The second-order valence-corrected chi connectivity index (χ2v) is 5.20. The van der Waals surface area contributed by atoms with Gasteiger partial charge in [0, 0.05) is 23.0 Å². The molecule has 2 nitrogen and oxygen atoms in total. The van der Waals surface area contributed by atoms with Crippen molar-refractivity contribution in [1.29, 1.82) is 0 Å². The molecule has 0 bridgehead atoms. The first kappa shape index (κ1) is 13.5. The Bertz CT molecular complexity index is 747. The van der Waals surface area contributed by atoms with Gasteiger partial charge >= 0.3 is 0 Å². The zero-order chi connectivity index (χ0) is 14.7. The summed E-state index contributed by atoms with van der Waals surface area (Å²) in [6.45, 7) is 2.94. The van der Waals surface area contributed by atoms with Gasteiger partial charge in [-0.25, -0.2) is 0 Å². The number of phenolic OH excluding ortho intramolecular Hbond substituents is 1. The fraction of sp³-hybridized carbons (Fsp3) is 0.158. The Morgan fingerprint density at radius 3 is 2.24 bits per heavy atom. The van der Waals surface area contributed by atoms with Crippen LogP contribution < -0.4 is 5.32 Å². The van der Waals surface area contributed by atoms with E-state index in [1.807, 2.05) is 30.3 Å². The second-order valence-electron chi connectivity index (χ2n) is 5.20. The molecule has 106 valence electrons. The molecule has 0 aromatic heterocycles. The van der Waals surface area contributed by atoms with Crippen molar-refractivity contribution in [2.45, 2.75) is 19.9 Å². The minimum absolute atomic E-state index is 0.323. The van der Waals surface area contributed by atoms with Gasteiger partial charge in [0.1, 0.15) is 5.75 Å². The van der Waals surface area contributed by atoms with Crippen LogP contribution in [0.3, 0.4) is 0 Å². The van der Waals surface area contributed by atoms with Crippen LogP contribution in [0.4, 0.5) is 5.69 Å². The van der Waals surface area contributed by atoms with E-state index < -0.39 is 0 Å². The van der Waals surface area contributed by atoms with E-state index in [1.54, 1.807) is 6.07 Å². The van der Waals surface area contributed by atoms with Crippen LogP contribution in [0.15, 0.2) is 60.7 Å². The molecule has 21 heavy (non-hydrogen) atoms. The lowest BCUT2D eigenvalue weighted by Crippen LogP contribution is -2.00. The summed E-state index contributed by atoms with van der Waals surface area (Å²) >= 11 is 0. The molecule has 0 atom stereocenters. The molecule has 0 unspecified atom stereocenters. The van der Waals surface area contributed by atoms with Crippen LogP contribution >= 0.6 is 0 Å². The number of fused-ring (bicyclic) bond motifs is 1. The lowest BCUT2D eigenvalue weighted by molar-refractivity contribution is 0.481. The fourth-order valence-electron chi connectivity index (χ4n) is 2.54. The highest BCUT2D eigenvalue weighted by molar-refractivity contribution is 5.97. The van der Waals surface area contributed by atoms with E-state index in [1.165, 1.54) is 11.1 Å². The number of benzene rings is 3. The van der Waals surface area contributed by atoms with Gasteiger partial charge in [0.05, 0.1) is 0 Å². The third-order valence-corrected chi connectivity index (χ3v) is 3.81. The van der Waals surface area contributed by atoms with Crippen molar-refractivity contribution >= 4 is 16.5 Å². The van der Waals surface area contributed by atoms with Crippen LogP contribution in [0.25, 0.3) is 10.8 Å². The van der Waals surface area contributed by atoms with E-state index in [9.17, 15) is 5.11 Å². The number of aromatic hydroxyl groups is 1. The van der Waals surface area contributed by atoms with Crippen LogP contribution in [0.1, 0.15) is 18.1 Å². The molecular weight excluding hydrogens is 258 g/mol. The molecule has 2 heteroatoms. The van der Waals surface area contributed by atoms with Crippen molar-refractivity contribution in [3.8, 4) is 5.75 Å². The molecule has 2 N–H and O–H groups in total. The first-order valence-electron chi connectivity index (χ1n) is 7.30. The van der Waals surface area contributed by atoms with Gasteiger partial charge in [0.15, 0.2) is 0 Å². The highest BCUT2D eigenvalue weighted by Crippen LogP contribution is 2.29. The van der Waals surface area contributed by atoms with Gasteiger partial charge in [0.25, 0.3) is 0 Å². The van der Waals surface area contributed by atoms with E-state index >= 15 is 0 Å². The Hall–Kier alpha value is -2.48. The van der Waals surface area contributed by atoms with E-state index in [-0.39, 0.29) is 0 Å². The second kappa shape index (κ2) is 5.88. The van der Waals surface area contributed by atoms with Crippen LogP contribution in [0, 0.1) is 0 Å². The summed E-state index contributed by atoms with van der Waals surface area (Å²) in [5.41, 5.74) is 3.65. The number of hydrogen-bond acceptors (Lipinski definition) is 2. The number of hydrogen-bond donors (Lipinski definition) is 2. The number of aryl methyl sites for hydroxylation is 1. The normalized spacial score (nSPS) is 10.7. The predicted molar refractivity (Wildman–Crippen MR) is 88.8 cm³/mol. The third-order valence-electron chi connectivity index (χ3n) is 3.81. The lowest BCUT2D eigenvalue weighted by Gasteiger charge is -2.11. The average Bonchev–Trinajstić information content (AvgIpc) is 2.54. The number of nitrogens with one attached hydrogen (secondary N) is 1. The van der Waals surface area contributed by atoms with Crippen molar-refractivity contribution in [3.05, 3.63) is 71.8 Å². The maximum atomic E-state index is 9.91. The molecule has 0 aliphatic rings. The Labute approximate surface area is 125 Å². The summed E-state index contributed by atoms with van der Waals surface area (Å²) in [7, 11) is 0.